The fourth-order valence-electron chi connectivity index (χ4n) is 2.79. The minimum absolute atomic E-state index is 0.106. The summed E-state index contributed by atoms with van der Waals surface area (Å²) in [7, 11) is -4.60. The van der Waals surface area contributed by atoms with Crippen LogP contribution in [0.15, 0.2) is 24.3 Å². The lowest BCUT2D eigenvalue weighted by atomic mass is 10.1. The highest BCUT2D eigenvalue weighted by atomic mass is 32.3. The molecule has 1 aromatic rings. The van der Waals surface area contributed by atoms with Gasteiger partial charge in [-0.25, -0.2) is 10.3 Å². The monoisotopic (exact) mass is 445 g/mol. The molecule has 5 N–H and O–H groups in total. The zero-order chi connectivity index (χ0) is 22.1. The van der Waals surface area contributed by atoms with Gasteiger partial charge in [-0.15, -0.1) is 4.28 Å². The zero-order valence-electron chi connectivity index (χ0n) is 15.9. The largest absolute Gasteiger partial charge is 0.418 e. The van der Waals surface area contributed by atoms with E-state index >= 15 is 0 Å². The van der Waals surface area contributed by atoms with Gasteiger partial charge in [-0.3, -0.25) is 19.0 Å². The molecule has 14 heteroatoms. The molecule has 0 spiro atoms. The molecule has 13 nitrogen and oxygen atoms in total. The van der Waals surface area contributed by atoms with E-state index in [9.17, 15) is 22.8 Å². The van der Waals surface area contributed by atoms with Crippen molar-refractivity contribution in [1.29, 1.82) is 0 Å². The Hall–Kier alpha value is -2.94. The minimum atomic E-state index is -4.60. The summed E-state index contributed by atoms with van der Waals surface area (Å²) >= 11 is 0. The van der Waals surface area contributed by atoms with Gasteiger partial charge in [0.1, 0.15) is 0 Å². The Morgan fingerprint density at radius 3 is 2.63 bits per heavy atom. The van der Waals surface area contributed by atoms with Crippen LogP contribution >= 0.6 is 0 Å². The predicted octanol–water partition coefficient (Wildman–Crippen LogP) is -0.817. The van der Waals surface area contributed by atoms with Gasteiger partial charge in [0.05, 0.1) is 19.2 Å². The molecule has 3 rings (SSSR count). The van der Waals surface area contributed by atoms with Crippen molar-refractivity contribution in [3.05, 3.63) is 29.8 Å². The van der Waals surface area contributed by atoms with Crippen LogP contribution in [-0.2, 0) is 35.7 Å². The van der Waals surface area contributed by atoms with Crippen molar-refractivity contribution in [1.82, 2.24) is 20.8 Å². The van der Waals surface area contributed by atoms with E-state index in [1.165, 1.54) is 4.90 Å². The highest BCUT2D eigenvalue weighted by Crippen LogP contribution is 2.26. The molecule has 0 aromatic heterocycles. The highest BCUT2D eigenvalue weighted by molar-refractivity contribution is 7.80. The van der Waals surface area contributed by atoms with E-state index in [2.05, 4.69) is 15.1 Å². The van der Waals surface area contributed by atoms with Crippen LogP contribution in [0.2, 0.25) is 0 Å². The van der Waals surface area contributed by atoms with Crippen LogP contribution in [-0.4, -0.2) is 67.0 Å². The quantitative estimate of drug-likeness (QED) is 0.172. The van der Waals surface area contributed by atoms with E-state index in [0.29, 0.717) is 31.6 Å². The first-order valence-electron chi connectivity index (χ1n) is 8.87. The van der Waals surface area contributed by atoms with E-state index in [0.717, 1.165) is 17.0 Å². The molecule has 1 aromatic carbocycles. The Morgan fingerprint density at radius 1 is 1.33 bits per heavy atom. The lowest BCUT2D eigenvalue weighted by Gasteiger charge is -2.20. The van der Waals surface area contributed by atoms with Gasteiger partial charge in [0.2, 0.25) is 6.41 Å². The van der Waals surface area contributed by atoms with Gasteiger partial charge in [-0.1, -0.05) is 12.1 Å². The smallest absolute Gasteiger partial charge is 0.399 e. The van der Waals surface area contributed by atoms with Crippen LogP contribution in [0.25, 0.3) is 0 Å². The number of nitrogens with zero attached hydrogens (tertiary/aromatic N) is 2. The first kappa shape index (κ1) is 23.3. The Morgan fingerprint density at radius 2 is 2.03 bits per heavy atom. The average molecular weight is 445 g/mol. The predicted molar refractivity (Wildman–Crippen MR) is 102 cm³/mol. The average Bonchev–Trinajstić information content (AvgIpc) is 2.90. The van der Waals surface area contributed by atoms with E-state index in [-0.39, 0.29) is 19.2 Å². The number of hydroxylamine groups is 3. The zero-order valence-corrected chi connectivity index (χ0v) is 16.7. The maximum atomic E-state index is 11.4. The maximum Gasteiger partial charge on any atom is 0.418 e. The Kier molecular flexibility index (Phi) is 8.35. The van der Waals surface area contributed by atoms with Gasteiger partial charge in [0.15, 0.2) is 0 Å². The molecule has 30 heavy (non-hydrogen) atoms. The Labute approximate surface area is 172 Å². The number of nitrogen functional groups attached to an aromatic ring is 1. The van der Waals surface area contributed by atoms with Crippen LogP contribution in [0, 0.1) is 0 Å². The molecule has 2 aliphatic heterocycles. The SMILES string of the molecule is Nc1ccc(CONC(=O)CNC=O)cc1.O=C1N2CCCC(C2)N1OS(=O)(=O)O. The molecule has 2 bridgehead atoms. The third-order valence-electron chi connectivity index (χ3n) is 4.11. The van der Waals surface area contributed by atoms with Crippen molar-refractivity contribution in [2.75, 3.05) is 25.4 Å². The van der Waals surface area contributed by atoms with Gasteiger partial charge in [-0.2, -0.15) is 13.5 Å². The normalized spacial score (nSPS) is 17.8. The van der Waals surface area contributed by atoms with Crippen LogP contribution in [0.3, 0.4) is 0 Å². The fourth-order valence-corrected chi connectivity index (χ4v) is 3.18. The second-order valence-electron chi connectivity index (χ2n) is 6.41. The summed E-state index contributed by atoms with van der Waals surface area (Å²) in [6.07, 6.45) is 1.96. The van der Waals surface area contributed by atoms with Crippen molar-refractivity contribution in [3.63, 3.8) is 0 Å². The van der Waals surface area contributed by atoms with E-state index in [4.69, 9.17) is 15.1 Å². The summed E-state index contributed by atoms with van der Waals surface area (Å²) < 4.78 is 33.5. The van der Waals surface area contributed by atoms with Gasteiger partial charge < -0.3 is 16.0 Å². The van der Waals surface area contributed by atoms with Gasteiger partial charge in [0.25, 0.3) is 5.91 Å². The van der Waals surface area contributed by atoms with Crippen LogP contribution in [0.1, 0.15) is 18.4 Å². The molecule has 4 amide bonds. The molecule has 0 saturated carbocycles. The van der Waals surface area contributed by atoms with E-state index < -0.39 is 22.3 Å². The number of nitrogens with one attached hydrogen (secondary N) is 2. The van der Waals surface area contributed by atoms with Crippen LogP contribution in [0.5, 0.6) is 0 Å². The molecule has 0 aliphatic carbocycles. The van der Waals surface area contributed by atoms with Crippen LogP contribution < -0.4 is 16.5 Å². The van der Waals surface area contributed by atoms with Crippen molar-refractivity contribution in [2.45, 2.75) is 25.5 Å². The van der Waals surface area contributed by atoms with Gasteiger partial charge >= 0.3 is 16.4 Å². The summed E-state index contributed by atoms with van der Waals surface area (Å²) in [6.45, 7) is 1.22. The molecule has 2 heterocycles. The summed E-state index contributed by atoms with van der Waals surface area (Å²) in [5.74, 6) is -0.414. The van der Waals surface area contributed by atoms with Crippen molar-refractivity contribution in [3.8, 4) is 0 Å². The number of urea groups is 1. The number of carbonyl (C=O) groups is 3. The van der Waals surface area contributed by atoms with Crippen molar-refractivity contribution in [2.24, 2.45) is 0 Å². The summed E-state index contributed by atoms with van der Waals surface area (Å²) in [4.78, 5) is 38.7. The number of nitrogens with two attached hydrogens (primary N) is 1. The Balaban J connectivity index is 0.000000215. The van der Waals surface area contributed by atoms with E-state index in [1.54, 1.807) is 24.3 Å². The number of rotatable bonds is 8. The number of piperidine rings is 1. The second kappa shape index (κ2) is 10.7. The number of hydrogen-bond donors (Lipinski definition) is 4. The molecule has 1 atom stereocenters. The summed E-state index contributed by atoms with van der Waals surface area (Å²) in [6, 6.07) is 6.32. The van der Waals surface area contributed by atoms with Crippen LogP contribution in [0.4, 0.5) is 10.5 Å². The third-order valence-corrected chi connectivity index (χ3v) is 4.46. The number of hydrogen-bond acceptors (Lipinski definition) is 8. The first-order chi connectivity index (χ1) is 14.2. The number of anilines is 1. The summed E-state index contributed by atoms with van der Waals surface area (Å²) in [5.41, 5.74) is 9.25. The molecule has 2 fully saturated rings. The van der Waals surface area contributed by atoms with Gasteiger partial charge in [0, 0.05) is 18.8 Å². The van der Waals surface area contributed by atoms with Crippen molar-refractivity contribution < 1.29 is 36.5 Å². The number of amides is 4. The maximum absolute atomic E-state index is 11.4. The molecule has 1 unspecified atom stereocenters. The molecule has 2 saturated heterocycles. The molecule has 2 aliphatic rings. The molecule has 0 radical (unpaired) electrons. The molecular formula is C16H23N5O8S. The van der Waals surface area contributed by atoms with Crippen molar-refractivity contribution >= 4 is 34.4 Å². The lowest BCUT2D eigenvalue weighted by molar-refractivity contribution is -0.134. The number of benzene rings is 1. The lowest BCUT2D eigenvalue weighted by Crippen LogP contribution is -2.35. The van der Waals surface area contributed by atoms with Gasteiger partial charge in [-0.05, 0) is 30.5 Å². The van der Waals surface area contributed by atoms with E-state index in [1.807, 2.05) is 0 Å². The topological polar surface area (TPSA) is 181 Å². The third kappa shape index (κ3) is 7.47. The second-order valence-corrected chi connectivity index (χ2v) is 7.41. The highest BCUT2D eigenvalue weighted by Gasteiger charge is 2.42. The fraction of sp³-hybridized carbons (Fsp3) is 0.438. The standard InChI is InChI=1S/C10H13N3O3.C6H10N2O5S/c11-9-3-1-8(2-4-9)6-16-13-10(15)5-12-7-14;9-6-7-3-1-2-5(4-7)8(6)13-14(10,11)12/h1-4,7H,5-6,11H2,(H,12,14)(H,13,15);5H,1-4H2,(H,10,11,12). The Bertz CT molecular complexity index is 848. The number of carbonyl (C=O) groups excluding carboxylic acids is 3. The summed E-state index contributed by atoms with van der Waals surface area (Å²) in [5, 5.41) is 2.95. The minimum Gasteiger partial charge on any atom is -0.399 e. The molecular weight excluding hydrogens is 422 g/mol. The first-order valence-corrected chi connectivity index (χ1v) is 10.2. The molecule has 166 valence electrons. The number of fused-ring (bicyclic) bond motifs is 2.